The van der Waals surface area contributed by atoms with E-state index in [1.165, 1.54) is 51.4 Å². The summed E-state index contributed by atoms with van der Waals surface area (Å²) in [4.78, 5) is 0. The maximum atomic E-state index is 5.46. The zero-order chi connectivity index (χ0) is 10.9. The first-order chi connectivity index (χ1) is 7.38. The fourth-order valence-electron chi connectivity index (χ4n) is 2.03. The maximum absolute atomic E-state index is 5.46. The van der Waals surface area contributed by atoms with Crippen LogP contribution in [-0.2, 0) is 4.74 Å². The zero-order valence-corrected chi connectivity index (χ0v) is 10.0. The first kappa shape index (κ1) is 12.6. The van der Waals surface area contributed by atoms with Gasteiger partial charge in [-0.1, -0.05) is 51.9 Å². The van der Waals surface area contributed by atoms with E-state index in [0.717, 1.165) is 6.42 Å². The molecule has 0 aliphatic carbocycles. The molecule has 1 fully saturated rings. The van der Waals surface area contributed by atoms with E-state index >= 15 is 0 Å². The van der Waals surface area contributed by atoms with E-state index in [-0.39, 0.29) is 0 Å². The summed E-state index contributed by atoms with van der Waals surface area (Å²) in [5.74, 6) is 2.66. The van der Waals surface area contributed by atoms with Crippen molar-refractivity contribution in [2.75, 3.05) is 0 Å². The highest BCUT2D eigenvalue weighted by Gasteiger charge is 2.36. The van der Waals surface area contributed by atoms with Crippen LogP contribution >= 0.6 is 0 Å². The molecule has 0 N–H and O–H groups in total. The molecular formula is C14H24O. The molecule has 0 unspecified atom stereocenters. The Hall–Kier alpha value is -0.480. The molecule has 1 rings (SSSR count). The van der Waals surface area contributed by atoms with E-state index in [0.29, 0.717) is 12.2 Å². The first-order valence-electron chi connectivity index (χ1n) is 6.47. The standard InChI is InChI=1S/C14H24O/c1-3-5-6-7-8-9-10-12-14-13(15-14)11-4-2/h2,13-14H,3,5-12H2,1H3/t13-,14+/m0/s1. The van der Waals surface area contributed by atoms with Gasteiger partial charge in [-0.25, -0.2) is 0 Å². The van der Waals surface area contributed by atoms with Gasteiger partial charge in [-0.3, -0.25) is 0 Å². The lowest BCUT2D eigenvalue weighted by Crippen LogP contribution is -1.92. The molecule has 0 aromatic carbocycles. The molecule has 0 saturated carbocycles. The van der Waals surface area contributed by atoms with Gasteiger partial charge in [0, 0.05) is 6.42 Å². The molecule has 0 aromatic rings. The molecule has 1 heterocycles. The largest absolute Gasteiger partial charge is 0.369 e. The SMILES string of the molecule is C#CC[C@@H]1O[C@@H]1CCCCCCCCC. The minimum atomic E-state index is 0.398. The summed E-state index contributed by atoms with van der Waals surface area (Å²) in [5.41, 5.74) is 0. The molecule has 1 aliphatic heterocycles. The highest BCUT2D eigenvalue weighted by molar-refractivity contribution is 4.96. The topological polar surface area (TPSA) is 12.5 Å². The van der Waals surface area contributed by atoms with Crippen LogP contribution in [-0.4, -0.2) is 12.2 Å². The van der Waals surface area contributed by atoms with Gasteiger partial charge in [0.25, 0.3) is 0 Å². The number of terminal acetylenes is 1. The molecule has 0 bridgehead atoms. The number of epoxide rings is 1. The van der Waals surface area contributed by atoms with Gasteiger partial charge < -0.3 is 4.74 Å². The summed E-state index contributed by atoms with van der Waals surface area (Å²) in [6.45, 7) is 2.26. The van der Waals surface area contributed by atoms with Crippen molar-refractivity contribution < 1.29 is 4.74 Å². The van der Waals surface area contributed by atoms with Gasteiger partial charge in [-0.2, -0.15) is 0 Å². The van der Waals surface area contributed by atoms with E-state index in [1.807, 2.05) is 0 Å². The summed E-state index contributed by atoms with van der Waals surface area (Å²) in [6, 6.07) is 0. The van der Waals surface area contributed by atoms with Gasteiger partial charge in [0.05, 0.1) is 12.2 Å². The second-order valence-electron chi connectivity index (χ2n) is 4.53. The van der Waals surface area contributed by atoms with Crippen molar-refractivity contribution in [3.05, 3.63) is 0 Å². The van der Waals surface area contributed by atoms with Crippen molar-refractivity contribution in [1.82, 2.24) is 0 Å². The molecule has 0 radical (unpaired) electrons. The molecule has 1 aliphatic rings. The van der Waals surface area contributed by atoms with Crippen LogP contribution < -0.4 is 0 Å². The number of unbranched alkanes of at least 4 members (excludes halogenated alkanes) is 6. The Labute approximate surface area is 94.6 Å². The van der Waals surface area contributed by atoms with Crippen molar-refractivity contribution >= 4 is 0 Å². The van der Waals surface area contributed by atoms with E-state index < -0.39 is 0 Å². The number of rotatable bonds is 9. The normalized spacial score (nSPS) is 23.7. The van der Waals surface area contributed by atoms with E-state index in [9.17, 15) is 0 Å². The lowest BCUT2D eigenvalue weighted by Gasteiger charge is -1.99. The zero-order valence-electron chi connectivity index (χ0n) is 10.0. The van der Waals surface area contributed by atoms with Gasteiger partial charge in [-0.15, -0.1) is 12.3 Å². The summed E-state index contributed by atoms with van der Waals surface area (Å²) < 4.78 is 5.46. The second-order valence-corrected chi connectivity index (χ2v) is 4.53. The second kappa shape index (κ2) is 7.77. The van der Waals surface area contributed by atoms with Crippen LogP contribution in [0, 0.1) is 12.3 Å². The third-order valence-corrected chi connectivity index (χ3v) is 3.10. The highest BCUT2D eigenvalue weighted by atomic mass is 16.6. The Morgan fingerprint density at radius 2 is 1.67 bits per heavy atom. The fraction of sp³-hybridized carbons (Fsp3) is 0.857. The van der Waals surface area contributed by atoms with Crippen LogP contribution in [0.5, 0.6) is 0 Å². The Morgan fingerprint density at radius 1 is 1.00 bits per heavy atom. The van der Waals surface area contributed by atoms with Crippen molar-refractivity contribution in [3.63, 3.8) is 0 Å². The molecule has 0 amide bonds. The lowest BCUT2D eigenvalue weighted by atomic mass is 10.1. The Balaban J connectivity index is 1.77. The molecule has 0 aromatic heterocycles. The van der Waals surface area contributed by atoms with Crippen LogP contribution in [0.25, 0.3) is 0 Å². The fourth-order valence-corrected chi connectivity index (χ4v) is 2.03. The Kier molecular flexibility index (Phi) is 6.52. The molecule has 0 spiro atoms. The van der Waals surface area contributed by atoms with Gasteiger partial charge in [0.15, 0.2) is 0 Å². The molecule has 2 atom stereocenters. The van der Waals surface area contributed by atoms with Crippen LogP contribution in [0.1, 0.15) is 64.7 Å². The van der Waals surface area contributed by atoms with Crippen LogP contribution in [0.4, 0.5) is 0 Å². The van der Waals surface area contributed by atoms with Crippen molar-refractivity contribution in [2.24, 2.45) is 0 Å². The highest BCUT2D eigenvalue weighted by Crippen LogP contribution is 2.29. The van der Waals surface area contributed by atoms with Gasteiger partial charge in [-0.05, 0) is 6.42 Å². The predicted molar refractivity (Wildman–Crippen MR) is 64.7 cm³/mol. The van der Waals surface area contributed by atoms with Gasteiger partial charge in [0.1, 0.15) is 0 Å². The first-order valence-corrected chi connectivity index (χ1v) is 6.47. The minimum absolute atomic E-state index is 0.398. The van der Waals surface area contributed by atoms with Crippen LogP contribution in [0.15, 0.2) is 0 Å². The molecule has 86 valence electrons. The molecule has 1 heteroatoms. The monoisotopic (exact) mass is 208 g/mol. The van der Waals surface area contributed by atoms with Crippen molar-refractivity contribution in [2.45, 2.75) is 76.9 Å². The van der Waals surface area contributed by atoms with Crippen molar-refractivity contribution in [1.29, 1.82) is 0 Å². The smallest absolute Gasteiger partial charge is 0.0950 e. The third kappa shape index (κ3) is 5.85. The summed E-state index contributed by atoms with van der Waals surface area (Å²) >= 11 is 0. The van der Waals surface area contributed by atoms with Crippen LogP contribution in [0.3, 0.4) is 0 Å². The molecular weight excluding hydrogens is 184 g/mol. The summed E-state index contributed by atoms with van der Waals surface area (Å²) in [5, 5.41) is 0. The Bertz CT molecular complexity index is 192. The lowest BCUT2D eigenvalue weighted by molar-refractivity contribution is 0.359. The van der Waals surface area contributed by atoms with Gasteiger partial charge in [0.2, 0.25) is 0 Å². The third-order valence-electron chi connectivity index (χ3n) is 3.10. The molecule has 1 saturated heterocycles. The van der Waals surface area contributed by atoms with E-state index in [1.54, 1.807) is 0 Å². The molecule has 1 nitrogen and oxygen atoms in total. The number of hydrogen-bond acceptors (Lipinski definition) is 1. The summed E-state index contributed by atoms with van der Waals surface area (Å²) in [7, 11) is 0. The number of hydrogen-bond donors (Lipinski definition) is 0. The van der Waals surface area contributed by atoms with E-state index in [4.69, 9.17) is 11.2 Å². The minimum Gasteiger partial charge on any atom is -0.369 e. The van der Waals surface area contributed by atoms with Crippen molar-refractivity contribution in [3.8, 4) is 12.3 Å². The average molecular weight is 208 g/mol. The predicted octanol–water partition coefficient (Wildman–Crippen LogP) is 3.92. The van der Waals surface area contributed by atoms with E-state index in [2.05, 4.69) is 12.8 Å². The molecule has 15 heavy (non-hydrogen) atoms. The van der Waals surface area contributed by atoms with Gasteiger partial charge >= 0.3 is 0 Å². The quantitative estimate of drug-likeness (QED) is 0.318. The number of ether oxygens (including phenoxy) is 1. The average Bonchev–Trinajstić information content (AvgIpc) is 2.96. The Morgan fingerprint density at radius 3 is 2.33 bits per heavy atom. The summed E-state index contributed by atoms with van der Waals surface area (Å²) in [6.07, 6.45) is 17.8. The van der Waals surface area contributed by atoms with Crippen LogP contribution in [0.2, 0.25) is 0 Å². The maximum Gasteiger partial charge on any atom is 0.0950 e.